The Kier molecular flexibility index (Phi) is 29.6. The van der Waals surface area contributed by atoms with Gasteiger partial charge in [0.15, 0.2) is 33.0 Å². The number of hydrogen-bond acceptors (Lipinski definition) is 15. The van der Waals surface area contributed by atoms with Crippen LogP contribution >= 0.6 is 0 Å². The van der Waals surface area contributed by atoms with E-state index in [0.717, 1.165) is 81.1 Å². The first-order valence-electron chi connectivity index (χ1n) is 39.5. The summed E-state index contributed by atoms with van der Waals surface area (Å²) in [4.78, 5) is 59.8. The molecule has 15 heteroatoms. The van der Waals surface area contributed by atoms with E-state index in [4.69, 9.17) is 47.4 Å². The molecule has 9 fully saturated rings. The van der Waals surface area contributed by atoms with Gasteiger partial charge in [0, 0.05) is 0 Å². The molecule has 15 nitrogen and oxygen atoms in total. The molecule has 0 heterocycles. The Morgan fingerprint density at radius 2 is 0.818 bits per heavy atom. The first-order chi connectivity index (χ1) is 45.5. The number of carbonyl (C=O) groups is 5. The van der Waals surface area contributed by atoms with E-state index in [2.05, 4.69) is 76.2 Å². The predicted molar refractivity (Wildman–Crippen MR) is 393 cm³/mol. The van der Waals surface area contributed by atoms with E-state index in [1.54, 1.807) is 0 Å². The van der Waals surface area contributed by atoms with Crippen LogP contribution in [-0.4, -0.2) is 94.3 Å². The van der Waals surface area contributed by atoms with Crippen LogP contribution in [0.1, 0.15) is 342 Å². The molecule has 14 atom stereocenters. The topological polar surface area (TPSA) is 178 Å². The van der Waals surface area contributed by atoms with Gasteiger partial charge in [-0.05, 0) is 278 Å². The van der Waals surface area contributed by atoms with Gasteiger partial charge in [-0.2, -0.15) is 0 Å². The van der Waals surface area contributed by atoms with E-state index < -0.39 is 39.7 Å². The Balaban J connectivity index is 0.000000224. The van der Waals surface area contributed by atoms with Gasteiger partial charge in [0.1, 0.15) is 0 Å². The Labute approximate surface area is 604 Å². The number of ether oxygens (including phenoxy) is 10. The van der Waals surface area contributed by atoms with Crippen LogP contribution in [0.25, 0.3) is 0 Å². The zero-order chi connectivity index (χ0) is 75.0. The van der Waals surface area contributed by atoms with E-state index in [1.165, 1.54) is 103 Å². The summed E-state index contributed by atoms with van der Waals surface area (Å²) >= 11 is 0. The summed E-state index contributed by atoms with van der Waals surface area (Å²) in [6.45, 7) is 60.2. The molecule has 0 aromatic rings. The highest BCUT2D eigenvalue weighted by Gasteiger charge is 2.64. The fourth-order valence-corrected chi connectivity index (χ4v) is 18.1. The summed E-state index contributed by atoms with van der Waals surface area (Å²) in [7, 11) is 0. The molecule has 0 N–H and O–H groups in total. The summed E-state index contributed by atoms with van der Waals surface area (Å²) in [6.07, 6.45) is 26.4. The third kappa shape index (κ3) is 20.4. The molecule has 9 rings (SSSR count). The number of rotatable bonds is 27. The monoisotopic (exact) mass is 1400 g/mol. The molecule has 14 unspecified atom stereocenters. The van der Waals surface area contributed by atoms with Gasteiger partial charge >= 0.3 is 29.8 Å². The van der Waals surface area contributed by atoms with Gasteiger partial charge in [-0.15, -0.1) is 0 Å². The minimum absolute atomic E-state index is 0.0951. The van der Waals surface area contributed by atoms with Crippen molar-refractivity contribution < 1.29 is 71.3 Å². The van der Waals surface area contributed by atoms with Crippen molar-refractivity contribution in [2.75, 3.05) is 33.6 Å². The van der Waals surface area contributed by atoms with Crippen LogP contribution < -0.4 is 0 Å². The maximum Gasteiger partial charge on any atom is 0.313 e. The van der Waals surface area contributed by atoms with Gasteiger partial charge in [-0.25, -0.2) is 0 Å². The van der Waals surface area contributed by atoms with Crippen LogP contribution in [0.3, 0.4) is 0 Å². The number of carbonyl (C=O) groups excluding carboxylic acids is 5. The number of esters is 5. The Hall–Kier alpha value is -2.85. The quantitative estimate of drug-likeness (QED) is 0.0328. The van der Waals surface area contributed by atoms with Crippen molar-refractivity contribution in [2.24, 2.45) is 100.0 Å². The molecule has 9 saturated carbocycles. The molecule has 9 aliphatic rings. The highest BCUT2D eigenvalue weighted by Crippen LogP contribution is 2.68. The summed E-state index contributed by atoms with van der Waals surface area (Å²) in [6, 6.07) is 0. The van der Waals surface area contributed by atoms with Gasteiger partial charge < -0.3 is 47.4 Å². The molecular formula is C84H150O15. The molecule has 0 saturated heterocycles. The second-order valence-corrected chi connectivity index (χ2v) is 39.0. The summed E-state index contributed by atoms with van der Waals surface area (Å²) in [5.41, 5.74) is 0.0151. The van der Waals surface area contributed by atoms with Crippen molar-refractivity contribution in [1.82, 2.24) is 0 Å². The minimum atomic E-state index is -0.469. The SMILES string of the molecule is CCC(C)(C)C(=O)OC(C)OC1C2(C)CCC(C2)C1(C)C.CCC(C)(C)C(=O)OC(C)OC1CC2CCC1(C)C2(C)C.CCC(C)(C)C(=O)OCOC1CC2CCC1(C)C2(C)C.CCC(C)(C)C(=O)OCOCC1(C)CC2CCC1C2.CCC(C)(C)C(=O)OCOCC1(C)CCCCC1. The molecule has 8 bridgehead atoms. The van der Waals surface area contributed by atoms with Gasteiger partial charge in [-0.3, -0.25) is 24.0 Å². The molecule has 0 aromatic heterocycles. The maximum atomic E-state index is 12.2. The van der Waals surface area contributed by atoms with Crippen molar-refractivity contribution in [3.05, 3.63) is 0 Å². The molecular weight excluding hydrogens is 1250 g/mol. The Bertz CT molecular complexity index is 2620. The van der Waals surface area contributed by atoms with Crippen LogP contribution in [-0.2, 0) is 71.3 Å². The summed E-state index contributed by atoms with van der Waals surface area (Å²) in [5.74, 6) is 3.15. The van der Waals surface area contributed by atoms with E-state index in [1.807, 2.05) is 118 Å². The Morgan fingerprint density at radius 3 is 1.19 bits per heavy atom. The standard InChI is InChI=1S/2C18H32O3.C17H30O3.C16H28O3.C15H28O3/c1-8-16(3,4)15(19)21-12(2)20-14-17(5,6)13-9-10-18(14,7)11-13;1-8-16(3,4)15(19)21-12(2)20-14-11-13-9-10-18(14,7)17(13,5)6;1-7-15(2,3)14(18)20-11-19-13-10-12-8-9-17(13,6)16(12,4)5;1-5-15(2,3)14(17)19-11-18-10-16(4)9-12-6-7-13(16)8-12;1-5-14(2,3)13(16)18-12-17-11-15(4)9-7-6-8-10-15/h2*12-14H,8-11H2,1-7H3;12-13H,7-11H2,1-6H3;12-13H,5-11H2,1-4H3;5-12H2,1-4H3. The lowest BCUT2D eigenvalue weighted by Gasteiger charge is -2.43. The van der Waals surface area contributed by atoms with Crippen molar-refractivity contribution in [2.45, 2.75) is 372 Å². The molecule has 0 spiro atoms. The van der Waals surface area contributed by atoms with Gasteiger partial charge in [0.05, 0.1) is 58.6 Å². The Morgan fingerprint density at radius 1 is 0.414 bits per heavy atom. The third-order valence-electron chi connectivity index (χ3n) is 29.2. The molecule has 0 aliphatic heterocycles. The highest BCUT2D eigenvalue weighted by atomic mass is 16.7. The first-order valence-corrected chi connectivity index (χ1v) is 39.5. The molecule has 0 aromatic carbocycles. The van der Waals surface area contributed by atoms with E-state index in [0.29, 0.717) is 22.9 Å². The normalized spacial score (nSPS) is 32.3. The highest BCUT2D eigenvalue weighted by molar-refractivity contribution is 5.77. The van der Waals surface area contributed by atoms with Crippen LogP contribution in [0.2, 0.25) is 0 Å². The molecule has 99 heavy (non-hydrogen) atoms. The van der Waals surface area contributed by atoms with Crippen LogP contribution in [0, 0.1) is 100.0 Å². The first kappa shape index (κ1) is 86.8. The minimum Gasteiger partial charge on any atom is -0.438 e. The van der Waals surface area contributed by atoms with Crippen molar-refractivity contribution in [1.29, 1.82) is 0 Å². The van der Waals surface area contributed by atoms with Gasteiger partial charge in [-0.1, -0.05) is 136 Å². The fraction of sp³-hybridized carbons (Fsp3) is 0.940. The van der Waals surface area contributed by atoms with Gasteiger partial charge in [0.2, 0.25) is 0 Å². The molecule has 0 amide bonds. The van der Waals surface area contributed by atoms with E-state index >= 15 is 0 Å². The zero-order valence-corrected chi connectivity index (χ0v) is 68.7. The fourth-order valence-electron chi connectivity index (χ4n) is 18.1. The average Bonchev–Trinajstić information content (AvgIpc) is 1.58. The third-order valence-corrected chi connectivity index (χ3v) is 29.2. The molecule has 0 radical (unpaired) electrons. The second-order valence-electron chi connectivity index (χ2n) is 39.0. The largest absolute Gasteiger partial charge is 0.438 e. The van der Waals surface area contributed by atoms with Crippen LogP contribution in [0.4, 0.5) is 0 Å². The second kappa shape index (κ2) is 33.7. The molecule has 576 valence electrons. The van der Waals surface area contributed by atoms with Crippen molar-refractivity contribution >= 4 is 29.8 Å². The van der Waals surface area contributed by atoms with E-state index in [9.17, 15) is 24.0 Å². The zero-order valence-electron chi connectivity index (χ0n) is 68.7. The summed E-state index contributed by atoms with van der Waals surface area (Å²) in [5, 5.41) is 0. The lowest BCUT2D eigenvalue weighted by atomic mass is 9.70. The lowest BCUT2D eigenvalue weighted by Crippen LogP contribution is -2.45. The summed E-state index contributed by atoms with van der Waals surface area (Å²) < 4.78 is 56.3. The average molecular weight is 1400 g/mol. The number of fused-ring (bicyclic) bond motifs is 8. The molecule has 9 aliphatic carbocycles. The van der Waals surface area contributed by atoms with Crippen LogP contribution in [0.5, 0.6) is 0 Å². The number of hydrogen-bond donors (Lipinski definition) is 0. The van der Waals surface area contributed by atoms with Gasteiger partial charge in [0.25, 0.3) is 0 Å². The van der Waals surface area contributed by atoms with E-state index in [-0.39, 0.29) is 95.6 Å². The van der Waals surface area contributed by atoms with Crippen molar-refractivity contribution in [3.63, 3.8) is 0 Å². The van der Waals surface area contributed by atoms with Crippen molar-refractivity contribution in [3.8, 4) is 0 Å². The van der Waals surface area contributed by atoms with Crippen LogP contribution in [0.15, 0.2) is 0 Å². The predicted octanol–water partition coefficient (Wildman–Crippen LogP) is 20.9. The smallest absolute Gasteiger partial charge is 0.313 e. The lowest BCUT2D eigenvalue weighted by molar-refractivity contribution is -0.219. The maximum absolute atomic E-state index is 12.2.